The van der Waals surface area contributed by atoms with Crippen molar-refractivity contribution >= 4 is 0 Å². The van der Waals surface area contributed by atoms with Gasteiger partial charge in [-0.1, -0.05) is 49.5 Å². The minimum atomic E-state index is -0.320. The second-order valence-electron chi connectivity index (χ2n) is 9.04. The van der Waals surface area contributed by atoms with Crippen LogP contribution in [0.4, 0.5) is 4.39 Å². The first-order chi connectivity index (χ1) is 16.6. The number of rotatable bonds is 9. The van der Waals surface area contributed by atoms with E-state index in [1.807, 2.05) is 13.0 Å². The third-order valence-corrected chi connectivity index (χ3v) is 6.59. The fourth-order valence-electron chi connectivity index (χ4n) is 4.66. The first-order valence-electron chi connectivity index (χ1n) is 12.1. The van der Waals surface area contributed by atoms with E-state index in [0.29, 0.717) is 29.9 Å². The molecule has 34 heavy (non-hydrogen) atoms. The molecule has 7 heteroatoms. The average molecular weight is 462 g/mol. The van der Waals surface area contributed by atoms with E-state index < -0.39 is 0 Å². The Morgan fingerprint density at radius 2 is 1.94 bits per heavy atom. The van der Waals surface area contributed by atoms with Crippen molar-refractivity contribution in [2.24, 2.45) is 0 Å². The van der Waals surface area contributed by atoms with E-state index in [1.165, 1.54) is 37.0 Å². The highest BCUT2D eigenvalue weighted by Gasteiger charge is 2.26. The highest BCUT2D eigenvalue weighted by Crippen LogP contribution is 2.29. The SMILES string of the molecule is CCCCCC(c1ccc(C#N)c(C)c1)N1CCN(Cc2noc(-c3cccc(F)c3)n2)CC1. The van der Waals surface area contributed by atoms with Crippen molar-refractivity contribution < 1.29 is 8.91 Å². The van der Waals surface area contributed by atoms with E-state index in [4.69, 9.17) is 4.52 Å². The number of hydrogen-bond donors (Lipinski definition) is 0. The lowest BCUT2D eigenvalue weighted by molar-refractivity contribution is 0.0846. The van der Waals surface area contributed by atoms with Crippen LogP contribution >= 0.6 is 0 Å². The van der Waals surface area contributed by atoms with Crippen molar-refractivity contribution in [2.75, 3.05) is 26.2 Å². The van der Waals surface area contributed by atoms with Gasteiger partial charge in [-0.2, -0.15) is 10.2 Å². The van der Waals surface area contributed by atoms with E-state index in [-0.39, 0.29) is 5.82 Å². The van der Waals surface area contributed by atoms with E-state index in [2.05, 4.69) is 45.1 Å². The van der Waals surface area contributed by atoms with Crippen molar-refractivity contribution in [3.8, 4) is 17.5 Å². The maximum Gasteiger partial charge on any atom is 0.258 e. The highest BCUT2D eigenvalue weighted by molar-refractivity contribution is 5.52. The second kappa shape index (κ2) is 11.4. The highest BCUT2D eigenvalue weighted by atomic mass is 19.1. The third-order valence-electron chi connectivity index (χ3n) is 6.59. The smallest absolute Gasteiger partial charge is 0.258 e. The molecule has 1 aromatic heterocycles. The zero-order valence-electron chi connectivity index (χ0n) is 20.0. The summed E-state index contributed by atoms with van der Waals surface area (Å²) >= 11 is 0. The molecule has 0 N–H and O–H groups in total. The van der Waals surface area contributed by atoms with E-state index >= 15 is 0 Å². The summed E-state index contributed by atoms with van der Waals surface area (Å²) in [5.41, 5.74) is 3.69. The minimum absolute atomic E-state index is 0.320. The van der Waals surface area contributed by atoms with Crippen molar-refractivity contribution in [1.29, 1.82) is 5.26 Å². The summed E-state index contributed by atoms with van der Waals surface area (Å²) in [6.45, 7) is 8.63. The van der Waals surface area contributed by atoms with E-state index in [9.17, 15) is 9.65 Å². The fraction of sp³-hybridized carbons (Fsp3) is 0.444. The van der Waals surface area contributed by atoms with Crippen molar-refractivity contribution in [3.05, 3.63) is 70.8 Å². The van der Waals surface area contributed by atoms with Gasteiger partial charge in [-0.3, -0.25) is 9.80 Å². The summed E-state index contributed by atoms with van der Waals surface area (Å²) in [4.78, 5) is 9.38. The molecular formula is C27H32FN5O. The van der Waals surface area contributed by atoms with Crippen LogP contribution in [0, 0.1) is 24.1 Å². The Morgan fingerprint density at radius 3 is 2.65 bits per heavy atom. The summed E-state index contributed by atoms with van der Waals surface area (Å²) in [7, 11) is 0. The number of piperazine rings is 1. The van der Waals surface area contributed by atoms with E-state index in [1.54, 1.807) is 12.1 Å². The van der Waals surface area contributed by atoms with Crippen LogP contribution in [0.3, 0.4) is 0 Å². The van der Waals surface area contributed by atoms with Gasteiger partial charge in [-0.05, 0) is 48.7 Å². The standard InChI is InChI=1S/C27H32FN5O/c1-3-4-5-9-25(21-10-11-23(18-29)20(2)16-21)33-14-12-32(13-15-33)19-26-30-27(34-31-26)22-7-6-8-24(28)17-22/h6-8,10-11,16-17,25H,3-5,9,12-15,19H2,1-2H3. The third kappa shape index (κ3) is 5.88. The molecule has 0 bridgehead atoms. The Hall–Kier alpha value is -3.08. The molecule has 6 nitrogen and oxygen atoms in total. The molecule has 0 aliphatic carbocycles. The first-order valence-corrected chi connectivity index (χ1v) is 12.1. The van der Waals surface area contributed by atoms with Crippen LogP contribution in [0.2, 0.25) is 0 Å². The van der Waals surface area contributed by atoms with Crippen LogP contribution < -0.4 is 0 Å². The largest absolute Gasteiger partial charge is 0.334 e. The molecule has 0 spiro atoms. The Balaban J connectivity index is 1.38. The molecule has 1 saturated heterocycles. The lowest BCUT2D eigenvalue weighted by Crippen LogP contribution is -2.47. The van der Waals surface area contributed by atoms with Gasteiger partial charge in [0.05, 0.1) is 18.2 Å². The van der Waals surface area contributed by atoms with Gasteiger partial charge in [-0.25, -0.2) is 4.39 Å². The number of unbranched alkanes of at least 4 members (excludes halogenated alkanes) is 2. The minimum Gasteiger partial charge on any atom is -0.334 e. The van der Waals surface area contributed by atoms with Gasteiger partial charge in [0.25, 0.3) is 5.89 Å². The zero-order valence-corrected chi connectivity index (χ0v) is 20.0. The van der Waals surface area contributed by atoms with Crippen LogP contribution in [0.25, 0.3) is 11.5 Å². The molecule has 2 heterocycles. The summed E-state index contributed by atoms with van der Waals surface area (Å²) in [6, 6.07) is 15.1. The maximum absolute atomic E-state index is 13.5. The van der Waals surface area contributed by atoms with E-state index in [0.717, 1.165) is 43.7 Å². The molecule has 3 aromatic rings. The molecule has 1 unspecified atom stereocenters. The Morgan fingerprint density at radius 1 is 1.12 bits per heavy atom. The normalized spacial score (nSPS) is 15.8. The van der Waals surface area contributed by atoms with Crippen LogP contribution in [0.5, 0.6) is 0 Å². The van der Waals surface area contributed by atoms with Crippen LogP contribution in [0.15, 0.2) is 47.0 Å². The number of aryl methyl sites for hydroxylation is 1. The first kappa shape index (κ1) is 24.1. The summed E-state index contributed by atoms with van der Waals surface area (Å²) in [6.07, 6.45) is 4.76. The molecule has 1 aliphatic heterocycles. The van der Waals surface area contributed by atoms with Gasteiger partial charge in [0.1, 0.15) is 5.82 Å². The molecule has 178 valence electrons. The molecular weight excluding hydrogens is 429 g/mol. The van der Waals surface area contributed by atoms with Crippen molar-refractivity contribution in [2.45, 2.75) is 52.1 Å². The number of halogens is 1. The quantitative estimate of drug-likeness (QED) is 0.392. The molecule has 0 amide bonds. The molecule has 1 atom stereocenters. The average Bonchev–Trinajstić information content (AvgIpc) is 3.31. The van der Waals surface area contributed by atoms with Gasteiger partial charge in [0, 0.05) is 37.8 Å². The van der Waals surface area contributed by atoms with Gasteiger partial charge in [0.2, 0.25) is 0 Å². The molecule has 1 fully saturated rings. The zero-order chi connectivity index (χ0) is 23.9. The summed E-state index contributed by atoms with van der Waals surface area (Å²) < 4.78 is 18.9. The van der Waals surface area contributed by atoms with Gasteiger partial charge < -0.3 is 4.52 Å². The number of aromatic nitrogens is 2. The van der Waals surface area contributed by atoms with Gasteiger partial charge >= 0.3 is 0 Å². The Labute approximate surface area is 201 Å². The lowest BCUT2D eigenvalue weighted by Gasteiger charge is -2.39. The summed E-state index contributed by atoms with van der Waals surface area (Å²) in [5, 5.41) is 13.4. The number of benzene rings is 2. The molecule has 4 rings (SSSR count). The lowest BCUT2D eigenvalue weighted by atomic mass is 9.95. The second-order valence-corrected chi connectivity index (χ2v) is 9.04. The van der Waals surface area contributed by atoms with Gasteiger partial charge in [0.15, 0.2) is 5.82 Å². The van der Waals surface area contributed by atoms with Crippen LogP contribution in [-0.4, -0.2) is 46.1 Å². The molecule has 1 aliphatic rings. The Bertz CT molecular complexity index is 1130. The molecule has 0 radical (unpaired) electrons. The van der Waals surface area contributed by atoms with Crippen LogP contribution in [-0.2, 0) is 6.54 Å². The number of nitrogens with zero attached hydrogens (tertiary/aromatic N) is 5. The predicted octanol–water partition coefficient (Wildman–Crippen LogP) is 5.50. The predicted molar refractivity (Wildman–Crippen MR) is 129 cm³/mol. The number of nitriles is 1. The van der Waals surface area contributed by atoms with Gasteiger partial charge in [-0.15, -0.1) is 0 Å². The molecule has 2 aromatic carbocycles. The van der Waals surface area contributed by atoms with Crippen molar-refractivity contribution in [3.63, 3.8) is 0 Å². The monoisotopic (exact) mass is 461 g/mol. The number of hydrogen-bond acceptors (Lipinski definition) is 6. The van der Waals surface area contributed by atoms with Crippen molar-refractivity contribution in [1.82, 2.24) is 19.9 Å². The summed E-state index contributed by atoms with van der Waals surface area (Å²) in [5.74, 6) is 0.648. The fourth-order valence-corrected chi connectivity index (χ4v) is 4.66. The molecule has 0 saturated carbocycles. The topological polar surface area (TPSA) is 69.2 Å². The maximum atomic E-state index is 13.5. The Kier molecular flexibility index (Phi) is 8.04. The van der Waals surface area contributed by atoms with Crippen LogP contribution in [0.1, 0.15) is 61.2 Å².